The van der Waals surface area contributed by atoms with Gasteiger partial charge < -0.3 is 14.8 Å². The van der Waals surface area contributed by atoms with E-state index >= 15 is 0 Å². The Bertz CT molecular complexity index is 1340. The van der Waals surface area contributed by atoms with Gasteiger partial charge in [-0.3, -0.25) is 9.59 Å². The van der Waals surface area contributed by atoms with Crippen molar-refractivity contribution < 1.29 is 9.59 Å². The molecule has 0 saturated carbocycles. The van der Waals surface area contributed by atoms with Crippen LogP contribution in [0.3, 0.4) is 0 Å². The van der Waals surface area contributed by atoms with Gasteiger partial charge in [0, 0.05) is 36.5 Å². The minimum Gasteiger partial charge on any atom is -0.340 e. The lowest BCUT2D eigenvalue weighted by atomic mass is 10.1. The van der Waals surface area contributed by atoms with Crippen molar-refractivity contribution in [3.05, 3.63) is 87.9 Å². The number of thiophene rings is 1. The lowest BCUT2D eigenvalue weighted by Crippen LogP contribution is -2.47. The lowest BCUT2D eigenvalue weighted by Gasteiger charge is -2.24. The SMILES string of the molecule is CCC[C@H](NC(=O)c1ccc2c(c1)nc(Cc1cccs1)n2C(CC)CC)C(=O)N(C)Cc1ccccc1. The molecule has 0 aliphatic heterocycles. The first-order chi connectivity index (χ1) is 18.4. The zero-order chi connectivity index (χ0) is 27.1. The van der Waals surface area contributed by atoms with E-state index in [4.69, 9.17) is 4.98 Å². The molecule has 0 fully saturated rings. The maximum absolute atomic E-state index is 13.3. The molecule has 200 valence electrons. The highest BCUT2D eigenvalue weighted by atomic mass is 32.1. The number of aromatic nitrogens is 2. The highest BCUT2D eigenvalue weighted by Crippen LogP contribution is 2.28. The molecule has 0 aliphatic rings. The van der Waals surface area contributed by atoms with Crippen LogP contribution in [0.25, 0.3) is 11.0 Å². The van der Waals surface area contributed by atoms with Gasteiger partial charge in [-0.1, -0.05) is 63.6 Å². The highest BCUT2D eigenvalue weighted by Gasteiger charge is 2.25. The molecule has 2 aromatic heterocycles. The van der Waals surface area contributed by atoms with Gasteiger partial charge in [0.1, 0.15) is 11.9 Å². The Balaban J connectivity index is 1.56. The van der Waals surface area contributed by atoms with Gasteiger partial charge in [0.15, 0.2) is 0 Å². The van der Waals surface area contributed by atoms with Gasteiger partial charge in [-0.2, -0.15) is 0 Å². The normalized spacial score (nSPS) is 12.1. The average molecular weight is 531 g/mol. The van der Waals surface area contributed by atoms with Crippen LogP contribution in [0.4, 0.5) is 0 Å². The van der Waals surface area contributed by atoms with Crippen LogP contribution in [0.5, 0.6) is 0 Å². The van der Waals surface area contributed by atoms with Gasteiger partial charge in [0.05, 0.1) is 11.0 Å². The summed E-state index contributed by atoms with van der Waals surface area (Å²) in [5.74, 6) is 0.695. The van der Waals surface area contributed by atoms with Gasteiger partial charge in [-0.05, 0) is 54.5 Å². The Morgan fingerprint density at radius 2 is 1.79 bits per heavy atom. The topological polar surface area (TPSA) is 67.2 Å². The van der Waals surface area contributed by atoms with Crippen molar-refractivity contribution in [2.45, 2.75) is 71.5 Å². The standard InChI is InChI=1S/C31H38N4O2S/c1-5-12-26(31(37)34(4)21-22-13-9-8-10-14-22)33-30(36)23-16-17-28-27(19-23)32-29(20-25-15-11-18-38-25)35(28)24(6-2)7-3/h8-11,13-19,24,26H,5-7,12,20-21H2,1-4H3,(H,33,36)/t26-/m0/s1. The van der Waals surface area contributed by atoms with Crippen molar-refractivity contribution >= 4 is 34.2 Å². The zero-order valence-electron chi connectivity index (χ0n) is 22.8. The first-order valence-corrected chi connectivity index (χ1v) is 14.5. The fourth-order valence-corrected chi connectivity index (χ4v) is 5.74. The van der Waals surface area contributed by atoms with Gasteiger partial charge in [-0.15, -0.1) is 11.3 Å². The summed E-state index contributed by atoms with van der Waals surface area (Å²) in [5.41, 5.74) is 3.44. The molecule has 38 heavy (non-hydrogen) atoms. The number of hydrogen-bond donors (Lipinski definition) is 1. The van der Waals surface area contributed by atoms with E-state index in [2.05, 4.69) is 41.2 Å². The highest BCUT2D eigenvalue weighted by molar-refractivity contribution is 7.09. The van der Waals surface area contributed by atoms with Crippen LogP contribution < -0.4 is 5.32 Å². The van der Waals surface area contributed by atoms with Gasteiger partial charge in [0.25, 0.3) is 5.91 Å². The molecule has 0 radical (unpaired) electrons. The molecular formula is C31H38N4O2S. The van der Waals surface area contributed by atoms with Crippen LogP contribution in [0, 0.1) is 0 Å². The summed E-state index contributed by atoms with van der Waals surface area (Å²) < 4.78 is 2.35. The molecule has 6 nitrogen and oxygen atoms in total. The predicted molar refractivity (Wildman–Crippen MR) is 156 cm³/mol. The molecule has 4 aromatic rings. The average Bonchev–Trinajstić information content (AvgIpc) is 3.57. The first kappa shape index (κ1) is 27.6. The van der Waals surface area contributed by atoms with E-state index < -0.39 is 6.04 Å². The molecule has 2 amide bonds. The molecule has 0 unspecified atom stereocenters. The Hall–Kier alpha value is -3.45. The van der Waals surface area contributed by atoms with E-state index in [1.54, 1.807) is 23.3 Å². The predicted octanol–water partition coefficient (Wildman–Crippen LogP) is 6.61. The Kier molecular flexibility index (Phi) is 9.34. The number of nitrogens with zero attached hydrogens (tertiary/aromatic N) is 3. The van der Waals surface area contributed by atoms with Crippen LogP contribution in [0.15, 0.2) is 66.0 Å². The monoisotopic (exact) mass is 530 g/mol. The number of carbonyl (C=O) groups excluding carboxylic acids is 2. The smallest absolute Gasteiger partial charge is 0.252 e. The van der Waals surface area contributed by atoms with Crippen molar-refractivity contribution in [3.8, 4) is 0 Å². The van der Waals surface area contributed by atoms with Crippen LogP contribution in [-0.4, -0.2) is 39.4 Å². The molecule has 2 aromatic carbocycles. The van der Waals surface area contributed by atoms with Crippen molar-refractivity contribution in [2.24, 2.45) is 0 Å². The molecular weight excluding hydrogens is 492 g/mol. The van der Waals surface area contributed by atoms with E-state index in [1.807, 2.05) is 55.5 Å². The van der Waals surface area contributed by atoms with Crippen LogP contribution in [0.1, 0.15) is 79.1 Å². The third kappa shape index (κ3) is 6.33. The summed E-state index contributed by atoms with van der Waals surface area (Å²) in [6, 6.07) is 19.6. The molecule has 0 aliphatic carbocycles. The van der Waals surface area contributed by atoms with Crippen molar-refractivity contribution in [2.75, 3.05) is 7.05 Å². The third-order valence-corrected chi connectivity index (χ3v) is 7.94. The van der Waals surface area contributed by atoms with Gasteiger partial charge >= 0.3 is 0 Å². The Labute approximate surface area is 229 Å². The van der Waals surface area contributed by atoms with Crippen molar-refractivity contribution in [3.63, 3.8) is 0 Å². The quantitative estimate of drug-likeness (QED) is 0.224. The maximum atomic E-state index is 13.3. The molecule has 0 bridgehead atoms. The fraction of sp³-hybridized carbons (Fsp3) is 0.387. The Morgan fingerprint density at radius 3 is 2.45 bits per heavy atom. The number of amides is 2. The number of fused-ring (bicyclic) bond motifs is 1. The molecule has 4 rings (SSSR count). The molecule has 1 N–H and O–H groups in total. The van der Waals surface area contributed by atoms with Crippen LogP contribution >= 0.6 is 11.3 Å². The second-order valence-corrected chi connectivity index (χ2v) is 10.9. The summed E-state index contributed by atoms with van der Waals surface area (Å²) >= 11 is 1.73. The van der Waals surface area contributed by atoms with E-state index in [9.17, 15) is 9.59 Å². The summed E-state index contributed by atoms with van der Waals surface area (Å²) in [6.45, 7) is 6.93. The van der Waals surface area contributed by atoms with Crippen LogP contribution in [-0.2, 0) is 17.8 Å². The fourth-order valence-electron chi connectivity index (χ4n) is 5.03. The number of likely N-dealkylation sites (N-methyl/N-ethyl adjacent to an activating group) is 1. The number of nitrogens with one attached hydrogen (secondary N) is 1. The summed E-state index contributed by atoms with van der Waals surface area (Å²) in [7, 11) is 1.79. The van der Waals surface area contributed by atoms with Crippen LogP contribution in [0.2, 0.25) is 0 Å². The molecule has 7 heteroatoms. The zero-order valence-corrected chi connectivity index (χ0v) is 23.6. The Morgan fingerprint density at radius 1 is 1.03 bits per heavy atom. The van der Waals surface area contributed by atoms with Crippen molar-refractivity contribution in [1.29, 1.82) is 0 Å². The molecule has 0 spiro atoms. The van der Waals surface area contributed by atoms with E-state index in [-0.39, 0.29) is 11.8 Å². The van der Waals surface area contributed by atoms with Gasteiger partial charge in [0.2, 0.25) is 5.91 Å². The second-order valence-electron chi connectivity index (χ2n) is 9.82. The largest absolute Gasteiger partial charge is 0.340 e. The number of hydrogen-bond acceptors (Lipinski definition) is 4. The van der Waals surface area contributed by atoms with E-state index in [1.165, 1.54) is 4.88 Å². The molecule has 1 atom stereocenters. The van der Waals surface area contributed by atoms with Gasteiger partial charge in [-0.25, -0.2) is 4.98 Å². The number of carbonyl (C=O) groups is 2. The summed E-state index contributed by atoms with van der Waals surface area (Å²) in [4.78, 5) is 34.5. The number of rotatable bonds is 12. The minimum atomic E-state index is -0.576. The third-order valence-electron chi connectivity index (χ3n) is 7.06. The summed E-state index contributed by atoms with van der Waals surface area (Å²) in [5, 5.41) is 5.10. The minimum absolute atomic E-state index is 0.0821. The maximum Gasteiger partial charge on any atom is 0.252 e. The molecule has 2 heterocycles. The van der Waals surface area contributed by atoms with E-state index in [0.717, 1.165) is 48.1 Å². The molecule has 0 saturated heterocycles. The number of imidazole rings is 1. The summed E-state index contributed by atoms with van der Waals surface area (Å²) in [6.07, 6.45) is 4.17. The van der Waals surface area contributed by atoms with Crippen molar-refractivity contribution in [1.82, 2.24) is 19.8 Å². The number of benzene rings is 2. The lowest BCUT2D eigenvalue weighted by molar-refractivity contribution is -0.132. The first-order valence-electron chi connectivity index (χ1n) is 13.6. The van der Waals surface area contributed by atoms with E-state index in [0.29, 0.717) is 24.6 Å². The second kappa shape index (κ2) is 12.9.